The van der Waals surface area contributed by atoms with E-state index in [9.17, 15) is 4.79 Å². The quantitative estimate of drug-likeness (QED) is 0.645. The largest absolute Gasteiger partial charge is 0.354 e. The monoisotopic (exact) mass is 382 g/mol. The number of hydrogen-bond acceptors (Lipinski definition) is 4. The average molecular weight is 383 g/mol. The number of nitrogens with zero attached hydrogens (tertiary/aromatic N) is 2. The lowest BCUT2D eigenvalue weighted by atomic mass is 10.2. The first-order valence-corrected chi connectivity index (χ1v) is 8.30. The molecule has 0 atom stereocenters. The summed E-state index contributed by atoms with van der Waals surface area (Å²) in [5.41, 5.74) is 2.66. The third-order valence-corrected chi connectivity index (χ3v) is 3.83. The fraction of sp³-hybridized carbons (Fsp3) is 0. The third-order valence-electron chi connectivity index (χ3n) is 3.40. The Morgan fingerprint density at radius 2 is 1.73 bits per heavy atom. The summed E-state index contributed by atoms with van der Waals surface area (Å²) >= 11 is 11.9. The minimum absolute atomic E-state index is 0.252. The topological polar surface area (TPSA) is 77.8 Å². The van der Waals surface area contributed by atoms with Crippen LogP contribution in [0.4, 0.5) is 17.1 Å². The molecule has 0 unspecified atom stereocenters. The van der Waals surface area contributed by atoms with Crippen LogP contribution in [0.5, 0.6) is 0 Å². The van der Waals surface area contributed by atoms with E-state index in [-0.39, 0.29) is 11.6 Å². The van der Waals surface area contributed by atoms with Crippen molar-refractivity contribution in [2.75, 3.05) is 10.6 Å². The van der Waals surface area contributed by atoms with Gasteiger partial charge in [0.2, 0.25) is 0 Å². The Morgan fingerprint density at radius 3 is 2.38 bits per heavy atom. The van der Waals surface area contributed by atoms with Crippen LogP contribution in [-0.4, -0.2) is 10.9 Å². The Balaban J connectivity index is 1.70. The fourth-order valence-corrected chi connectivity index (χ4v) is 2.78. The number of nitrogens with one attached hydrogen (secondary N) is 2. The minimum Gasteiger partial charge on any atom is -0.354 e. The molecular weight excluding hydrogens is 371 g/mol. The van der Waals surface area contributed by atoms with Gasteiger partial charge in [0, 0.05) is 21.4 Å². The van der Waals surface area contributed by atoms with Crippen molar-refractivity contribution >= 4 is 46.2 Å². The maximum absolute atomic E-state index is 12.3. The summed E-state index contributed by atoms with van der Waals surface area (Å²) in [4.78, 5) is 16.4. The summed E-state index contributed by atoms with van der Waals surface area (Å²) in [5, 5.41) is 15.8. The minimum atomic E-state index is -0.363. The normalized spacial score (nSPS) is 10.0. The molecule has 0 bridgehead atoms. The molecular formula is C19H12Cl2N4O. The highest BCUT2D eigenvalue weighted by Crippen LogP contribution is 2.25. The molecule has 0 radical (unpaired) electrons. The van der Waals surface area contributed by atoms with E-state index in [4.69, 9.17) is 28.5 Å². The summed E-state index contributed by atoms with van der Waals surface area (Å²) in [6, 6.07) is 17.1. The van der Waals surface area contributed by atoms with Crippen LogP contribution in [0, 0.1) is 11.3 Å². The van der Waals surface area contributed by atoms with Crippen LogP contribution in [0.3, 0.4) is 0 Å². The first-order chi connectivity index (χ1) is 12.5. The standard InChI is InChI=1S/C19H12Cl2N4O/c20-13-7-14(21)9-17(8-13)24-16-4-5-18(23-11-16)19(26)25-15-3-1-2-12(6-15)10-22/h1-9,11,24H,(H,25,26). The highest BCUT2D eigenvalue weighted by Gasteiger charge is 2.08. The van der Waals surface area contributed by atoms with E-state index >= 15 is 0 Å². The van der Waals surface area contributed by atoms with Gasteiger partial charge in [-0.15, -0.1) is 0 Å². The Labute approximate surface area is 160 Å². The van der Waals surface area contributed by atoms with Crippen molar-refractivity contribution in [3.05, 3.63) is 82.1 Å². The van der Waals surface area contributed by atoms with Crippen molar-refractivity contribution in [2.24, 2.45) is 0 Å². The van der Waals surface area contributed by atoms with Gasteiger partial charge in [0.15, 0.2) is 0 Å². The second-order valence-electron chi connectivity index (χ2n) is 5.36. The zero-order chi connectivity index (χ0) is 18.5. The van der Waals surface area contributed by atoms with Crippen molar-refractivity contribution in [2.45, 2.75) is 0 Å². The second-order valence-corrected chi connectivity index (χ2v) is 6.23. The summed E-state index contributed by atoms with van der Waals surface area (Å²) in [5.74, 6) is -0.363. The van der Waals surface area contributed by atoms with Crippen LogP contribution in [0.1, 0.15) is 16.1 Å². The molecule has 3 rings (SSSR count). The molecule has 2 N–H and O–H groups in total. The summed E-state index contributed by atoms with van der Waals surface area (Å²) in [6.07, 6.45) is 1.54. The predicted octanol–water partition coefficient (Wildman–Crippen LogP) is 5.26. The van der Waals surface area contributed by atoms with E-state index < -0.39 is 0 Å². The lowest BCUT2D eigenvalue weighted by Crippen LogP contribution is -2.13. The van der Waals surface area contributed by atoms with Crippen LogP contribution >= 0.6 is 23.2 Å². The van der Waals surface area contributed by atoms with Crippen LogP contribution < -0.4 is 10.6 Å². The Bertz CT molecular complexity index is 977. The lowest BCUT2D eigenvalue weighted by Gasteiger charge is -2.08. The number of carbonyl (C=O) groups excluding carboxylic acids is 1. The molecule has 1 amide bonds. The smallest absolute Gasteiger partial charge is 0.274 e. The Morgan fingerprint density at radius 1 is 0.962 bits per heavy atom. The molecule has 2 aromatic carbocycles. The number of halogens is 2. The molecule has 3 aromatic rings. The molecule has 0 aliphatic heterocycles. The molecule has 0 saturated carbocycles. The van der Waals surface area contributed by atoms with Crippen LogP contribution in [0.2, 0.25) is 10.0 Å². The van der Waals surface area contributed by atoms with E-state index in [1.54, 1.807) is 54.6 Å². The van der Waals surface area contributed by atoms with Gasteiger partial charge >= 0.3 is 0 Å². The van der Waals surface area contributed by atoms with Crippen molar-refractivity contribution in [1.29, 1.82) is 5.26 Å². The lowest BCUT2D eigenvalue weighted by molar-refractivity contribution is 0.102. The molecule has 7 heteroatoms. The number of nitriles is 1. The maximum atomic E-state index is 12.3. The molecule has 5 nitrogen and oxygen atoms in total. The molecule has 0 aliphatic rings. The van der Waals surface area contributed by atoms with Gasteiger partial charge in [-0.1, -0.05) is 29.3 Å². The number of carbonyl (C=O) groups is 1. The molecule has 26 heavy (non-hydrogen) atoms. The maximum Gasteiger partial charge on any atom is 0.274 e. The summed E-state index contributed by atoms with van der Waals surface area (Å²) < 4.78 is 0. The molecule has 0 saturated heterocycles. The van der Waals surface area contributed by atoms with E-state index in [1.807, 2.05) is 6.07 Å². The number of rotatable bonds is 4. The predicted molar refractivity (Wildman–Crippen MR) is 103 cm³/mol. The number of benzene rings is 2. The van der Waals surface area contributed by atoms with Gasteiger partial charge in [0.05, 0.1) is 23.5 Å². The number of hydrogen-bond donors (Lipinski definition) is 2. The van der Waals surface area contributed by atoms with Crippen molar-refractivity contribution in [1.82, 2.24) is 4.98 Å². The fourth-order valence-electron chi connectivity index (χ4n) is 2.26. The van der Waals surface area contributed by atoms with Gasteiger partial charge in [0.25, 0.3) is 5.91 Å². The van der Waals surface area contributed by atoms with Crippen molar-refractivity contribution < 1.29 is 4.79 Å². The summed E-state index contributed by atoms with van der Waals surface area (Å²) in [7, 11) is 0. The Kier molecular flexibility index (Phi) is 5.37. The highest BCUT2D eigenvalue weighted by molar-refractivity contribution is 6.35. The molecule has 0 aliphatic carbocycles. The van der Waals surface area contributed by atoms with E-state index in [0.717, 1.165) is 5.69 Å². The van der Waals surface area contributed by atoms with E-state index in [1.165, 1.54) is 6.20 Å². The molecule has 1 aromatic heterocycles. The molecule has 1 heterocycles. The van der Waals surface area contributed by atoms with Gasteiger partial charge in [-0.2, -0.15) is 5.26 Å². The molecule has 0 fully saturated rings. The van der Waals surface area contributed by atoms with Gasteiger partial charge in [-0.05, 0) is 48.5 Å². The molecule has 0 spiro atoms. The summed E-state index contributed by atoms with van der Waals surface area (Å²) in [6.45, 7) is 0. The van der Waals surface area contributed by atoms with Crippen molar-refractivity contribution in [3.8, 4) is 6.07 Å². The van der Waals surface area contributed by atoms with Crippen LogP contribution in [-0.2, 0) is 0 Å². The average Bonchev–Trinajstić information content (AvgIpc) is 2.61. The molecule has 128 valence electrons. The third kappa shape index (κ3) is 4.51. The van der Waals surface area contributed by atoms with Gasteiger partial charge in [-0.3, -0.25) is 4.79 Å². The zero-order valence-corrected chi connectivity index (χ0v) is 14.8. The number of pyridine rings is 1. The van der Waals surface area contributed by atoms with E-state index in [0.29, 0.717) is 27.0 Å². The SMILES string of the molecule is N#Cc1cccc(NC(=O)c2ccc(Nc3cc(Cl)cc(Cl)c3)cn2)c1. The first kappa shape index (κ1) is 17.7. The number of amides is 1. The van der Waals surface area contributed by atoms with Gasteiger partial charge < -0.3 is 10.6 Å². The highest BCUT2D eigenvalue weighted by atomic mass is 35.5. The Hall–Kier alpha value is -3.07. The number of aromatic nitrogens is 1. The van der Waals surface area contributed by atoms with Gasteiger partial charge in [-0.25, -0.2) is 4.98 Å². The van der Waals surface area contributed by atoms with E-state index in [2.05, 4.69) is 15.6 Å². The van der Waals surface area contributed by atoms with Crippen molar-refractivity contribution in [3.63, 3.8) is 0 Å². The first-order valence-electron chi connectivity index (χ1n) is 7.54. The van der Waals surface area contributed by atoms with Crippen LogP contribution in [0.15, 0.2) is 60.8 Å². The van der Waals surface area contributed by atoms with Crippen LogP contribution in [0.25, 0.3) is 0 Å². The van der Waals surface area contributed by atoms with Gasteiger partial charge in [0.1, 0.15) is 5.69 Å². The zero-order valence-electron chi connectivity index (χ0n) is 13.3. The second kappa shape index (κ2) is 7.87. The number of anilines is 3.